The average Bonchev–Trinajstić information content (AvgIpc) is 2.90. The standard InChI is InChI=1S/C17H9BrCl2N2/c18-13-2-4-17-14(7-13)12(9-22-17)5-11(8-21)10-1-3-15(19)16(20)6-10/h1-7,9,22H/b11-5+. The molecule has 0 fully saturated rings. The molecule has 0 saturated carbocycles. The Kier molecular flexibility index (Phi) is 4.26. The lowest BCUT2D eigenvalue weighted by Gasteiger charge is -2.02. The molecule has 2 nitrogen and oxygen atoms in total. The third kappa shape index (κ3) is 2.91. The normalized spacial score (nSPS) is 11.6. The van der Waals surface area contributed by atoms with Crippen LogP contribution in [0.3, 0.4) is 0 Å². The van der Waals surface area contributed by atoms with E-state index in [1.165, 1.54) is 0 Å². The fraction of sp³-hybridized carbons (Fsp3) is 0. The first-order valence-corrected chi connectivity index (χ1v) is 7.97. The molecule has 0 aliphatic rings. The zero-order valence-corrected chi connectivity index (χ0v) is 14.3. The lowest BCUT2D eigenvalue weighted by Crippen LogP contribution is -1.82. The number of aromatic amines is 1. The number of benzene rings is 2. The van der Waals surface area contributed by atoms with E-state index in [0.717, 1.165) is 26.5 Å². The quantitative estimate of drug-likeness (QED) is 0.511. The maximum absolute atomic E-state index is 9.45. The summed E-state index contributed by atoms with van der Waals surface area (Å²) < 4.78 is 0.988. The number of allylic oxidation sites excluding steroid dienone is 1. The second kappa shape index (κ2) is 6.18. The molecule has 0 spiro atoms. The first kappa shape index (κ1) is 15.2. The molecule has 1 N–H and O–H groups in total. The molecule has 0 atom stereocenters. The molecule has 1 heterocycles. The fourth-order valence-corrected chi connectivity index (χ4v) is 2.89. The summed E-state index contributed by atoms with van der Waals surface area (Å²) in [5.74, 6) is 0. The smallest absolute Gasteiger partial charge is 0.0998 e. The van der Waals surface area contributed by atoms with Crippen molar-refractivity contribution >= 4 is 61.7 Å². The summed E-state index contributed by atoms with van der Waals surface area (Å²) in [6.45, 7) is 0. The van der Waals surface area contributed by atoms with E-state index in [1.807, 2.05) is 30.5 Å². The molecule has 5 heteroatoms. The maximum Gasteiger partial charge on any atom is 0.0998 e. The molecule has 1 aromatic heterocycles. The zero-order valence-electron chi connectivity index (χ0n) is 11.2. The van der Waals surface area contributed by atoms with Crippen LogP contribution in [0.2, 0.25) is 10.0 Å². The molecule has 0 radical (unpaired) electrons. The third-order valence-corrected chi connectivity index (χ3v) is 4.56. The van der Waals surface area contributed by atoms with Crippen molar-refractivity contribution in [3.8, 4) is 6.07 Å². The summed E-state index contributed by atoms with van der Waals surface area (Å²) in [6.07, 6.45) is 3.72. The van der Waals surface area contributed by atoms with Crippen LogP contribution in [-0.4, -0.2) is 4.98 Å². The number of halogens is 3. The SMILES string of the molecule is N#C/C(=C\c1c[nH]c2ccc(Br)cc12)c1ccc(Cl)c(Cl)c1. The summed E-state index contributed by atoms with van der Waals surface area (Å²) in [5, 5.41) is 11.4. The van der Waals surface area contributed by atoms with Crippen molar-refractivity contribution in [3.05, 3.63) is 68.2 Å². The van der Waals surface area contributed by atoms with E-state index < -0.39 is 0 Å². The van der Waals surface area contributed by atoms with Crippen molar-refractivity contribution in [1.82, 2.24) is 4.98 Å². The van der Waals surface area contributed by atoms with Crippen LogP contribution < -0.4 is 0 Å². The molecule has 108 valence electrons. The maximum atomic E-state index is 9.45. The Hall–Kier alpha value is -1.73. The van der Waals surface area contributed by atoms with Crippen LogP contribution in [0.25, 0.3) is 22.6 Å². The van der Waals surface area contributed by atoms with Crippen molar-refractivity contribution in [1.29, 1.82) is 5.26 Å². The van der Waals surface area contributed by atoms with Crippen molar-refractivity contribution in [2.24, 2.45) is 0 Å². The molecule has 0 bridgehead atoms. The van der Waals surface area contributed by atoms with Gasteiger partial charge >= 0.3 is 0 Å². The molecule has 0 aliphatic heterocycles. The van der Waals surface area contributed by atoms with Gasteiger partial charge < -0.3 is 4.98 Å². The van der Waals surface area contributed by atoms with Crippen LogP contribution >= 0.6 is 39.1 Å². The van der Waals surface area contributed by atoms with Gasteiger partial charge in [-0.15, -0.1) is 0 Å². The van der Waals surface area contributed by atoms with E-state index >= 15 is 0 Å². The van der Waals surface area contributed by atoms with Gasteiger partial charge in [-0.2, -0.15) is 5.26 Å². The monoisotopic (exact) mass is 390 g/mol. The Balaban J connectivity index is 2.12. The fourth-order valence-electron chi connectivity index (χ4n) is 2.23. The lowest BCUT2D eigenvalue weighted by molar-refractivity contribution is 1.47. The number of aromatic nitrogens is 1. The molecule has 3 rings (SSSR count). The van der Waals surface area contributed by atoms with Gasteiger partial charge in [-0.1, -0.05) is 45.2 Å². The Bertz CT molecular complexity index is 935. The van der Waals surface area contributed by atoms with Crippen LogP contribution in [0.15, 0.2) is 47.1 Å². The largest absolute Gasteiger partial charge is 0.361 e. The van der Waals surface area contributed by atoms with Crippen molar-refractivity contribution in [2.45, 2.75) is 0 Å². The second-order valence-electron chi connectivity index (χ2n) is 4.73. The summed E-state index contributed by atoms with van der Waals surface area (Å²) in [7, 11) is 0. The van der Waals surface area contributed by atoms with E-state index in [9.17, 15) is 5.26 Å². The highest BCUT2D eigenvalue weighted by atomic mass is 79.9. The average molecular weight is 392 g/mol. The van der Waals surface area contributed by atoms with Gasteiger partial charge in [0.05, 0.1) is 21.7 Å². The van der Waals surface area contributed by atoms with E-state index in [0.29, 0.717) is 15.6 Å². The predicted octanol–water partition coefficient (Wildman–Crippen LogP) is 6.30. The molecule has 3 aromatic rings. The highest BCUT2D eigenvalue weighted by Gasteiger charge is 2.07. The minimum Gasteiger partial charge on any atom is -0.361 e. The number of H-pyrrole nitrogens is 1. The minimum absolute atomic E-state index is 0.432. The summed E-state index contributed by atoms with van der Waals surface area (Å²) in [6, 6.07) is 13.4. The van der Waals surface area contributed by atoms with E-state index in [1.54, 1.807) is 18.2 Å². The van der Waals surface area contributed by atoms with Crippen LogP contribution in [-0.2, 0) is 0 Å². The molecular formula is C17H9BrCl2N2. The van der Waals surface area contributed by atoms with Gasteiger partial charge in [0.1, 0.15) is 0 Å². The van der Waals surface area contributed by atoms with E-state index in [4.69, 9.17) is 23.2 Å². The minimum atomic E-state index is 0.432. The number of nitrogens with zero attached hydrogens (tertiary/aromatic N) is 1. The van der Waals surface area contributed by atoms with Gasteiger partial charge in [0.2, 0.25) is 0 Å². The number of nitriles is 1. The van der Waals surface area contributed by atoms with Gasteiger partial charge in [-0.3, -0.25) is 0 Å². The molecule has 0 amide bonds. The van der Waals surface area contributed by atoms with Gasteiger partial charge in [-0.05, 0) is 42.0 Å². The summed E-state index contributed by atoms with van der Waals surface area (Å²) in [5.41, 5.74) is 3.22. The molecule has 0 saturated heterocycles. The first-order chi connectivity index (χ1) is 10.6. The van der Waals surface area contributed by atoms with Gasteiger partial charge in [0, 0.05) is 27.1 Å². The van der Waals surface area contributed by atoms with Crippen molar-refractivity contribution in [2.75, 3.05) is 0 Å². The van der Waals surface area contributed by atoms with E-state index in [-0.39, 0.29) is 0 Å². The zero-order chi connectivity index (χ0) is 15.7. The van der Waals surface area contributed by atoms with Gasteiger partial charge in [-0.25, -0.2) is 0 Å². The lowest BCUT2D eigenvalue weighted by atomic mass is 10.0. The van der Waals surface area contributed by atoms with E-state index in [2.05, 4.69) is 27.0 Å². The molecule has 22 heavy (non-hydrogen) atoms. The number of rotatable bonds is 2. The third-order valence-electron chi connectivity index (χ3n) is 3.33. The Morgan fingerprint density at radius 3 is 2.68 bits per heavy atom. The Labute approximate surface area is 146 Å². The number of fused-ring (bicyclic) bond motifs is 1. The van der Waals surface area contributed by atoms with Crippen LogP contribution in [0.4, 0.5) is 0 Å². The number of nitrogens with one attached hydrogen (secondary N) is 1. The van der Waals surface area contributed by atoms with Crippen LogP contribution in [0.1, 0.15) is 11.1 Å². The second-order valence-corrected chi connectivity index (χ2v) is 6.46. The van der Waals surface area contributed by atoms with Crippen LogP contribution in [0.5, 0.6) is 0 Å². The first-order valence-electron chi connectivity index (χ1n) is 6.42. The molecule has 2 aromatic carbocycles. The Morgan fingerprint density at radius 1 is 1.14 bits per heavy atom. The van der Waals surface area contributed by atoms with Crippen molar-refractivity contribution < 1.29 is 0 Å². The van der Waals surface area contributed by atoms with Crippen LogP contribution in [0, 0.1) is 11.3 Å². The van der Waals surface area contributed by atoms with Crippen molar-refractivity contribution in [3.63, 3.8) is 0 Å². The molecule has 0 aliphatic carbocycles. The number of hydrogen-bond donors (Lipinski definition) is 1. The topological polar surface area (TPSA) is 39.6 Å². The summed E-state index contributed by atoms with van der Waals surface area (Å²) >= 11 is 15.4. The summed E-state index contributed by atoms with van der Waals surface area (Å²) in [4.78, 5) is 3.19. The highest BCUT2D eigenvalue weighted by molar-refractivity contribution is 9.10. The number of hydrogen-bond acceptors (Lipinski definition) is 1. The molecule has 0 unspecified atom stereocenters. The van der Waals surface area contributed by atoms with Gasteiger partial charge in [0.15, 0.2) is 0 Å². The Morgan fingerprint density at radius 2 is 1.95 bits per heavy atom. The molecular weight excluding hydrogens is 383 g/mol. The highest BCUT2D eigenvalue weighted by Crippen LogP contribution is 2.29. The van der Waals surface area contributed by atoms with Gasteiger partial charge in [0.25, 0.3) is 0 Å². The predicted molar refractivity (Wildman–Crippen MR) is 95.9 cm³/mol.